The van der Waals surface area contributed by atoms with Gasteiger partial charge in [-0.1, -0.05) is 6.42 Å². The van der Waals surface area contributed by atoms with E-state index < -0.39 is 0 Å². The summed E-state index contributed by atoms with van der Waals surface area (Å²) >= 11 is 1.74. The van der Waals surface area contributed by atoms with Gasteiger partial charge in [-0.15, -0.1) is 0 Å². The van der Waals surface area contributed by atoms with E-state index in [0.29, 0.717) is 0 Å². The molecule has 0 aromatic heterocycles. The van der Waals surface area contributed by atoms with Gasteiger partial charge in [0.25, 0.3) is 0 Å². The highest BCUT2D eigenvalue weighted by atomic mass is 32.2. The van der Waals surface area contributed by atoms with Crippen molar-refractivity contribution in [3.05, 3.63) is 0 Å². The topological polar surface area (TPSA) is 55.1 Å². The van der Waals surface area contributed by atoms with Crippen LogP contribution in [0.15, 0.2) is 0 Å². The van der Waals surface area contributed by atoms with Crippen molar-refractivity contribution < 1.29 is 4.79 Å². The van der Waals surface area contributed by atoms with Gasteiger partial charge in [-0.3, -0.25) is 4.79 Å². The summed E-state index contributed by atoms with van der Waals surface area (Å²) in [5.74, 6) is 3.56. The van der Waals surface area contributed by atoms with Crippen molar-refractivity contribution in [2.45, 2.75) is 38.1 Å². The Hall–Kier alpha value is -0.220. The van der Waals surface area contributed by atoms with Gasteiger partial charge < -0.3 is 11.1 Å². The summed E-state index contributed by atoms with van der Waals surface area (Å²) in [5.41, 5.74) is 5.84. The van der Waals surface area contributed by atoms with Gasteiger partial charge in [-0.2, -0.15) is 11.8 Å². The zero-order chi connectivity index (χ0) is 12.3. The van der Waals surface area contributed by atoms with E-state index in [-0.39, 0.29) is 11.9 Å². The molecule has 2 fully saturated rings. The average Bonchev–Trinajstić information content (AvgIpc) is 2.94. The molecule has 2 rings (SSSR count). The predicted molar refractivity (Wildman–Crippen MR) is 72.9 cm³/mol. The first-order chi connectivity index (χ1) is 8.20. The molecule has 0 heterocycles. The number of nitrogens with one attached hydrogen (secondary N) is 1. The van der Waals surface area contributed by atoms with Crippen LogP contribution in [-0.4, -0.2) is 30.5 Å². The molecule has 1 amide bonds. The highest BCUT2D eigenvalue weighted by Gasteiger charge is 2.39. The van der Waals surface area contributed by atoms with Gasteiger partial charge in [0.2, 0.25) is 5.91 Å². The summed E-state index contributed by atoms with van der Waals surface area (Å²) < 4.78 is 0. The Morgan fingerprint density at radius 3 is 2.88 bits per heavy atom. The fraction of sp³-hybridized carbons (Fsp3) is 0.923. The Morgan fingerprint density at radius 2 is 2.29 bits per heavy atom. The highest BCUT2D eigenvalue weighted by Crippen LogP contribution is 2.47. The molecule has 0 aromatic rings. The number of rotatable bonds is 6. The van der Waals surface area contributed by atoms with Crippen LogP contribution in [0, 0.1) is 17.8 Å². The maximum Gasteiger partial charge on any atom is 0.236 e. The molecule has 2 aliphatic carbocycles. The van der Waals surface area contributed by atoms with Crippen molar-refractivity contribution >= 4 is 17.7 Å². The largest absolute Gasteiger partial charge is 0.354 e. The Labute approximate surface area is 108 Å². The molecule has 2 aliphatic rings. The number of amides is 1. The maximum atomic E-state index is 11.8. The Morgan fingerprint density at radius 1 is 1.47 bits per heavy atom. The molecule has 3 nitrogen and oxygen atoms in total. The van der Waals surface area contributed by atoms with E-state index in [1.807, 2.05) is 6.26 Å². The second-order valence-corrected chi connectivity index (χ2v) is 6.55. The molecular weight excluding hydrogens is 232 g/mol. The van der Waals surface area contributed by atoms with Crippen molar-refractivity contribution in [2.24, 2.45) is 23.5 Å². The van der Waals surface area contributed by atoms with E-state index in [2.05, 4.69) is 5.32 Å². The zero-order valence-corrected chi connectivity index (χ0v) is 11.5. The summed E-state index contributed by atoms with van der Waals surface area (Å²) in [7, 11) is 0. The van der Waals surface area contributed by atoms with Crippen molar-refractivity contribution in [2.75, 3.05) is 18.6 Å². The minimum Gasteiger partial charge on any atom is -0.354 e. The molecule has 3 N–H and O–H groups in total. The number of thioether (sulfide) groups is 1. The van der Waals surface area contributed by atoms with Crippen molar-refractivity contribution in [3.63, 3.8) is 0 Å². The van der Waals surface area contributed by atoms with Crippen LogP contribution in [0.3, 0.4) is 0 Å². The molecule has 0 aliphatic heterocycles. The average molecular weight is 256 g/mol. The first-order valence-electron chi connectivity index (χ1n) is 6.73. The SMILES string of the molecule is CSCC[C@H](N)C(=O)NCC1CC2CCC1C2. The van der Waals surface area contributed by atoms with Crippen LogP contribution < -0.4 is 11.1 Å². The quantitative estimate of drug-likeness (QED) is 0.759. The minimum atomic E-state index is -0.318. The third-order valence-corrected chi connectivity index (χ3v) is 5.04. The number of hydrogen-bond donors (Lipinski definition) is 2. The first kappa shape index (κ1) is 13.2. The number of nitrogens with two attached hydrogens (primary N) is 1. The molecule has 4 atom stereocenters. The lowest BCUT2D eigenvalue weighted by atomic mass is 9.89. The second kappa shape index (κ2) is 6.10. The molecule has 3 unspecified atom stereocenters. The third kappa shape index (κ3) is 3.38. The lowest BCUT2D eigenvalue weighted by Gasteiger charge is -2.22. The molecule has 0 spiro atoms. The smallest absolute Gasteiger partial charge is 0.236 e. The third-order valence-electron chi connectivity index (χ3n) is 4.39. The molecule has 98 valence electrons. The van der Waals surface area contributed by atoms with Crippen molar-refractivity contribution in [3.8, 4) is 0 Å². The summed E-state index contributed by atoms with van der Waals surface area (Å²) in [6.45, 7) is 0.854. The Bertz CT molecular complexity index is 272. The number of carbonyl (C=O) groups is 1. The molecule has 0 saturated heterocycles. The van der Waals surface area contributed by atoms with Crippen molar-refractivity contribution in [1.29, 1.82) is 0 Å². The predicted octanol–water partition coefficient (Wildman–Crippen LogP) is 1.62. The van der Waals surface area contributed by atoms with Gasteiger partial charge in [-0.25, -0.2) is 0 Å². The van der Waals surface area contributed by atoms with Gasteiger partial charge in [0.15, 0.2) is 0 Å². The summed E-state index contributed by atoms with van der Waals surface area (Å²) in [6, 6.07) is -0.318. The number of fused-ring (bicyclic) bond motifs is 2. The fourth-order valence-electron chi connectivity index (χ4n) is 3.37. The normalized spacial score (nSPS) is 32.7. The Kier molecular flexibility index (Phi) is 4.74. The van der Waals surface area contributed by atoms with Gasteiger partial charge in [0, 0.05) is 6.54 Å². The number of hydrogen-bond acceptors (Lipinski definition) is 3. The number of carbonyl (C=O) groups excluding carboxylic acids is 1. The monoisotopic (exact) mass is 256 g/mol. The van der Waals surface area contributed by atoms with E-state index in [1.54, 1.807) is 11.8 Å². The van der Waals surface area contributed by atoms with Crippen LogP contribution in [0.1, 0.15) is 32.1 Å². The van der Waals surface area contributed by atoms with Gasteiger partial charge >= 0.3 is 0 Å². The molecule has 0 aromatic carbocycles. The van der Waals surface area contributed by atoms with Crippen molar-refractivity contribution in [1.82, 2.24) is 5.32 Å². The second-order valence-electron chi connectivity index (χ2n) is 5.57. The molecule has 0 radical (unpaired) electrons. The van der Waals surface area contributed by atoms with Crippen LogP contribution in [0.5, 0.6) is 0 Å². The molecule has 17 heavy (non-hydrogen) atoms. The molecule has 4 heteroatoms. The van der Waals surface area contributed by atoms with Gasteiger partial charge in [0.1, 0.15) is 0 Å². The summed E-state index contributed by atoms with van der Waals surface area (Å²) in [6.07, 6.45) is 8.35. The van der Waals surface area contributed by atoms with Crippen LogP contribution >= 0.6 is 11.8 Å². The van der Waals surface area contributed by atoms with Crippen LogP contribution in [0.25, 0.3) is 0 Å². The lowest BCUT2D eigenvalue weighted by molar-refractivity contribution is -0.122. The fourth-order valence-corrected chi connectivity index (χ4v) is 3.85. The highest BCUT2D eigenvalue weighted by molar-refractivity contribution is 7.98. The minimum absolute atomic E-state index is 0.0434. The van der Waals surface area contributed by atoms with E-state index in [4.69, 9.17) is 5.73 Å². The van der Waals surface area contributed by atoms with E-state index in [9.17, 15) is 4.79 Å². The first-order valence-corrected chi connectivity index (χ1v) is 8.12. The maximum absolute atomic E-state index is 11.8. The molecule has 2 bridgehead atoms. The van der Waals surface area contributed by atoms with Crippen LogP contribution in [-0.2, 0) is 4.79 Å². The van der Waals surface area contributed by atoms with Crippen LogP contribution in [0.4, 0.5) is 0 Å². The lowest BCUT2D eigenvalue weighted by Crippen LogP contribution is -2.43. The van der Waals surface area contributed by atoms with E-state index in [0.717, 1.165) is 36.5 Å². The van der Waals surface area contributed by atoms with Gasteiger partial charge in [-0.05, 0) is 55.4 Å². The van der Waals surface area contributed by atoms with Crippen LogP contribution in [0.2, 0.25) is 0 Å². The zero-order valence-electron chi connectivity index (χ0n) is 10.7. The summed E-state index contributed by atoms with van der Waals surface area (Å²) in [5, 5.41) is 3.04. The van der Waals surface area contributed by atoms with Gasteiger partial charge in [0.05, 0.1) is 6.04 Å². The Balaban J connectivity index is 1.66. The molecule has 2 saturated carbocycles. The van der Waals surface area contributed by atoms with E-state index >= 15 is 0 Å². The standard InChI is InChI=1S/C13H24N2OS/c1-17-5-4-12(14)13(16)15-8-11-7-9-2-3-10(11)6-9/h9-12H,2-8,14H2,1H3,(H,15,16)/t9?,10?,11?,12-/m0/s1. The molecular formula is C13H24N2OS. The summed E-state index contributed by atoms with van der Waals surface area (Å²) in [4.78, 5) is 11.8. The van der Waals surface area contributed by atoms with E-state index in [1.165, 1.54) is 25.7 Å².